The van der Waals surface area contributed by atoms with E-state index in [1.54, 1.807) is 11.0 Å². The van der Waals surface area contributed by atoms with E-state index in [0.29, 0.717) is 18.8 Å². The predicted molar refractivity (Wildman–Crippen MR) is 79.3 cm³/mol. The van der Waals surface area contributed by atoms with Crippen LogP contribution < -0.4 is 5.32 Å². The Bertz CT molecular complexity index is 510. The second-order valence-electron chi connectivity index (χ2n) is 5.85. The van der Waals surface area contributed by atoms with E-state index in [0.717, 1.165) is 4.47 Å². The molecule has 0 aromatic heterocycles. The van der Waals surface area contributed by atoms with Gasteiger partial charge in [0.2, 0.25) is 0 Å². The molecule has 0 aliphatic carbocycles. The minimum Gasteiger partial charge on any atom is -0.444 e. The first kappa shape index (κ1) is 15.1. The molecule has 20 heavy (non-hydrogen) atoms. The van der Waals surface area contributed by atoms with Crippen molar-refractivity contribution >= 4 is 27.7 Å². The largest absolute Gasteiger partial charge is 0.444 e. The standard InChI is InChI=1S/C14H18BrFN2O2/c1-14(2,3)20-13(19)18-7-10(8-18)17-12-6-9(16)4-5-11(12)15/h4-6,10,17H,7-8H2,1-3H3. The molecule has 1 aromatic carbocycles. The van der Waals surface area contributed by atoms with Gasteiger partial charge in [-0.3, -0.25) is 0 Å². The molecular formula is C14H18BrFN2O2. The number of rotatable bonds is 2. The maximum absolute atomic E-state index is 13.2. The Hall–Kier alpha value is -1.30. The molecule has 0 bridgehead atoms. The molecule has 1 amide bonds. The first-order valence-corrected chi connectivity index (χ1v) is 7.23. The van der Waals surface area contributed by atoms with Gasteiger partial charge in [0.1, 0.15) is 11.4 Å². The van der Waals surface area contributed by atoms with Gasteiger partial charge in [0.15, 0.2) is 0 Å². The van der Waals surface area contributed by atoms with E-state index in [1.165, 1.54) is 12.1 Å². The van der Waals surface area contributed by atoms with Crippen molar-refractivity contribution in [3.05, 3.63) is 28.5 Å². The fourth-order valence-electron chi connectivity index (χ4n) is 1.87. The average molecular weight is 345 g/mol. The van der Waals surface area contributed by atoms with Crippen molar-refractivity contribution in [1.82, 2.24) is 4.90 Å². The third-order valence-corrected chi connectivity index (χ3v) is 3.51. The van der Waals surface area contributed by atoms with Crippen LogP contribution in [0.3, 0.4) is 0 Å². The number of ether oxygens (including phenoxy) is 1. The lowest BCUT2D eigenvalue weighted by molar-refractivity contribution is 0.0105. The molecule has 1 aromatic rings. The summed E-state index contributed by atoms with van der Waals surface area (Å²) >= 11 is 3.36. The van der Waals surface area contributed by atoms with Crippen LogP contribution in [-0.2, 0) is 4.74 Å². The summed E-state index contributed by atoms with van der Waals surface area (Å²) in [5.74, 6) is -0.293. The van der Waals surface area contributed by atoms with Gasteiger partial charge in [0.25, 0.3) is 0 Å². The first-order valence-electron chi connectivity index (χ1n) is 6.44. The monoisotopic (exact) mass is 344 g/mol. The summed E-state index contributed by atoms with van der Waals surface area (Å²) in [7, 11) is 0. The van der Waals surface area contributed by atoms with Crippen LogP contribution in [0.1, 0.15) is 20.8 Å². The Morgan fingerprint density at radius 2 is 2.10 bits per heavy atom. The van der Waals surface area contributed by atoms with Crippen LogP contribution in [0.5, 0.6) is 0 Å². The van der Waals surface area contributed by atoms with Crippen molar-refractivity contribution in [1.29, 1.82) is 0 Å². The van der Waals surface area contributed by atoms with Gasteiger partial charge in [-0.2, -0.15) is 0 Å². The molecule has 0 spiro atoms. The molecular weight excluding hydrogens is 327 g/mol. The van der Waals surface area contributed by atoms with E-state index >= 15 is 0 Å². The highest BCUT2D eigenvalue weighted by molar-refractivity contribution is 9.10. The minimum absolute atomic E-state index is 0.112. The van der Waals surface area contributed by atoms with Crippen LogP contribution in [0.15, 0.2) is 22.7 Å². The second-order valence-corrected chi connectivity index (χ2v) is 6.71. The average Bonchev–Trinajstić information content (AvgIpc) is 2.24. The molecule has 2 rings (SSSR count). The molecule has 0 atom stereocenters. The lowest BCUT2D eigenvalue weighted by atomic mass is 10.1. The van der Waals surface area contributed by atoms with Crippen LogP contribution in [0.25, 0.3) is 0 Å². The lowest BCUT2D eigenvalue weighted by Crippen LogP contribution is -2.57. The first-order chi connectivity index (χ1) is 9.24. The summed E-state index contributed by atoms with van der Waals surface area (Å²) in [6.45, 7) is 6.62. The molecule has 0 radical (unpaired) electrons. The van der Waals surface area contributed by atoms with Gasteiger partial charge in [-0.15, -0.1) is 0 Å². The normalized spacial score (nSPS) is 15.8. The van der Waals surface area contributed by atoms with Gasteiger partial charge in [0.05, 0.1) is 11.7 Å². The fraction of sp³-hybridized carbons (Fsp3) is 0.500. The van der Waals surface area contributed by atoms with Crippen molar-refractivity contribution in [2.75, 3.05) is 18.4 Å². The number of amides is 1. The molecule has 1 aliphatic rings. The molecule has 6 heteroatoms. The summed E-state index contributed by atoms with van der Waals surface area (Å²) in [5.41, 5.74) is 0.208. The van der Waals surface area contributed by atoms with E-state index in [-0.39, 0.29) is 18.0 Å². The van der Waals surface area contributed by atoms with Gasteiger partial charge in [-0.25, -0.2) is 9.18 Å². The Labute approximate surface area is 126 Å². The number of halogens is 2. The smallest absolute Gasteiger partial charge is 0.410 e. The molecule has 1 saturated heterocycles. The van der Waals surface area contributed by atoms with Crippen LogP contribution in [0, 0.1) is 5.82 Å². The van der Waals surface area contributed by atoms with Crippen molar-refractivity contribution in [2.24, 2.45) is 0 Å². The van der Waals surface area contributed by atoms with Gasteiger partial charge < -0.3 is 15.0 Å². The van der Waals surface area contributed by atoms with Crippen molar-refractivity contribution in [3.63, 3.8) is 0 Å². The molecule has 1 heterocycles. The van der Waals surface area contributed by atoms with Crippen LogP contribution in [-0.4, -0.2) is 35.7 Å². The maximum Gasteiger partial charge on any atom is 0.410 e. The minimum atomic E-state index is -0.485. The van der Waals surface area contributed by atoms with E-state index in [2.05, 4.69) is 21.2 Å². The Morgan fingerprint density at radius 1 is 1.45 bits per heavy atom. The fourth-order valence-corrected chi connectivity index (χ4v) is 2.23. The molecule has 1 fully saturated rings. The number of carbonyl (C=O) groups is 1. The highest BCUT2D eigenvalue weighted by atomic mass is 79.9. The Balaban J connectivity index is 1.85. The van der Waals surface area contributed by atoms with Crippen LogP contribution >= 0.6 is 15.9 Å². The van der Waals surface area contributed by atoms with Gasteiger partial charge in [-0.05, 0) is 54.9 Å². The summed E-state index contributed by atoms with van der Waals surface area (Å²) in [4.78, 5) is 13.4. The van der Waals surface area contributed by atoms with Crippen LogP contribution in [0.4, 0.5) is 14.9 Å². The number of anilines is 1. The van der Waals surface area contributed by atoms with E-state index in [9.17, 15) is 9.18 Å². The molecule has 110 valence electrons. The number of hydrogen-bond donors (Lipinski definition) is 1. The van der Waals surface area contributed by atoms with Crippen molar-refractivity contribution < 1.29 is 13.9 Å². The van der Waals surface area contributed by atoms with E-state index in [4.69, 9.17) is 4.74 Å². The third-order valence-electron chi connectivity index (χ3n) is 2.82. The zero-order chi connectivity index (χ0) is 14.9. The predicted octanol–water partition coefficient (Wildman–Crippen LogP) is 3.62. The molecule has 1 aliphatic heterocycles. The number of nitrogens with one attached hydrogen (secondary N) is 1. The number of nitrogens with zero attached hydrogens (tertiary/aromatic N) is 1. The highest BCUT2D eigenvalue weighted by Crippen LogP contribution is 2.26. The number of benzene rings is 1. The van der Waals surface area contributed by atoms with Gasteiger partial charge in [-0.1, -0.05) is 0 Å². The van der Waals surface area contributed by atoms with Crippen molar-refractivity contribution in [2.45, 2.75) is 32.4 Å². The summed E-state index contributed by atoms with van der Waals surface area (Å²) in [5, 5.41) is 3.20. The van der Waals surface area contributed by atoms with E-state index < -0.39 is 5.60 Å². The summed E-state index contributed by atoms with van der Waals surface area (Å²) < 4.78 is 19.2. The zero-order valence-electron chi connectivity index (χ0n) is 11.7. The second kappa shape index (κ2) is 5.60. The quantitative estimate of drug-likeness (QED) is 0.890. The summed E-state index contributed by atoms with van der Waals surface area (Å²) in [6.07, 6.45) is -0.311. The van der Waals surface area contributed by atoms with E-state index in [1.807, 2.05) is 20.8 Å². The zero-order valence-corrected chi connectivity index (χ0v) is 13.3. The molecule has 1 N–H and O–H groups in total. The summed E-state index contributed by atoms with van der Waals surface area (Å²) in [6, 6.07) is 4.59. The number of hydrogen-bond acceptors (Lipinski definition) is 3. The molecule has 0 saturated carbocycles. The Kier molecular flexibility index (Phi) is 4.22. The Morgan fingerprint density at radius 3 is 2.70 bits per heavy atom. The number of likely N-dealkylation sites (tertiary alicyclic amines) is 1. The lowest BCUT2D eigenvalue weighted by Gasteiger charge is -2.40. The van der Waals surface area contributed by atoms with Crippen LogP contribution in [0.2, 0.25) is 0 Å². The molecule has 0 unspecified atom stereocenters. The number of carbonyl (C=O) groups excluding carboxylic acids is 1. The SMILES string of the molecule is CC(C)(C)OC(=O)N1CC(Nc2cc(F)ccc2Br)C1. The third kappa shape index (κ3) is 3.85. The van der Waals surface area contributed by atoms with Gasteiger partial charge >= 0.3 is 6.09 Å². The highest BCUT2D eigenvalue weighted by Gasteiger charge is 2.33. The topological polar surface area (TPSA) is 41.6 Å². The maximum atomic E-state index is 13.2. The van der Waals surface area contributed by atoms with Gasteiger partial charge in [0, 0.05) is 17.6 Å². The van der Waals surface area contributed by atoms with Crippen molar-refractivity contribution in [3.8, 4) is 0 Å². The molecule has 4 nitrogen and oxygen atoms in total.